The summed E-state index contributed by atoms with van der Waals surface area (Å²) >= 11 is 11.8. The van der Waals surface area contributed by atoms with E-state index in [9.17, 15) is 21.6 Å². The van der Waals surface area contributed by atoms with Crippen LogP contribution >= 0.6 is 23.2 Å². The number of halogens is 5. The van der Waals surface area contributed by atoms with Crippen LogP contribution in [-0.4, -0.2) is 19.8 Å². The van der Waals surface area contributed by atoms with E-state index in [-0.39, 0.29) is 20.5 Å². The second-order valence-corrected chi connectivity index (χ2v) is 7.76. The van der Waals surface area contributed by atoms with Crippen LogP contribution in [0.15, 0.2) is 47.4 Å². The predicted molar refractivity (Wildman–Crippen MR) is 86.6 cm³/mol. The van der Waals surface area contributed by atoms with E-state index in [1.165, 1.54) is 43.4 Å². The van der Waals surface area contributed by atoms with E-state index in [4.69, 9.17) is 23.2 Å². The van der Waals surface area contributed by atoms with E-state index in [0.29, 0.717) is 0 Å². The Hall–Kier alpha value is -1.28. The number of sulfonamides is 1. The molecule has 0 atom stereocenters. The van der Waals surface area contributed by atoms with Gasteiger partial charge in [0.2, 0.25) is 10.0 Å². The summed E-state index contributed by atoms with van der Waals surface area (Å²) in [5.74, 6) is 0. The average molecular weight is 398 g/mol. The Morgan fingerprint density at radius 3 is 2.08 bits per heavy atom. The summed E-state index contributed by atoms with van der Waals surface area (Å²) in [5.41, 5.74) is -1.06. The zero-order chi connectivity index (χ0) is 18.1. The molecule has 0 aliphatic heterocycles. The lowest BCUT2D eigenvalue weighted by atomic mass is 10.1. The van der Waals surface area contributed by atoms with Gasteiger partial charge in [-0.2, -0.15) is 17.5 Å². The molecule has 2 aromatic carbocycles. The van der Waals surface area contributed by atoms with Crippen molar-refractivity contribution < 1.29 is 21.6 Å². The molecule has 0 fully saturated rings. The third-order valence-corrected chi connectivity index (χ3v) is 6.06. The summed E-state index contributed by atoms with van der Waals surface area (Å²) in [6, 6.07) is 8.94. The predicted octanol–water partition coefficient (Wildman–Crippen LogP) is 4.83. The van der Waals surface area contributed by atoms with Gasteiger partial charge in [0.05, 0.1) is 15.6 Å². The average Bonchev–Trinajstić information content (AvgIpc) is 2.46. The van der Waals surface area contributed by atoms with E-state index in [0.717, 1.165) is 10.4 Å². The fourth-order valence-electron chi connectivity index (χ4n) is 2.14. The van der Waals surface area contributed by atoms with Crippen molar-refractivity contribution in [3.63, 3.8) is 0 Å². The molecule has 130 valence electrons. The molecule has 0 bridgehead atoms. The molecule has 9 heteroatoms. The van der Waals surface area contributed by atoms with E-state index >= 15 is 0 Å². The standard InChI is InChI=1S/C15H12Cl2F3NO2S/c1-21(9-10-5-2-3-6-11(10)15(18,19)20)24(22,23)14-12(16)7-4-8-13(14)17/h2-8H,9H2,1H3. The van der Waals surface area contributed by atoms with Crippen molar-refractivity contribution in [1.29, 1.82) is 0 Å². The topological polar surface area (TPSA) is 37.4 Å². The number of hydrogen-bond donors (Lipinski definition) is 0. The van der Waals surface area contributed by atoms with Crippen LogP contribution in [0.1, 0.15) is 11.1 Å². The monoisotopic (exact) mass is 397 g/mol. The highest BCUT2D eigenvalue weighted by Crippen LogP contribution is 2.34. The Kier molecular flexibility index (Phi) is 5.49. The van der Waals surface area contributed by atoms with Gasteiger partial charge in [0, 0.05) is 13.6 Å². The van der Waals surface area contributed by atoms with E-state index in [2.05, 4.69) is 0 Å². The highest BCUT2D eigenvalue weighted by Gasteiger charge is 2.34. The third kappa shape index (κ3) is 3.85. The van der Waals surface area contributed by atoms with E-state index < -0.39 is 28.3 Å². The quantitative estimate of drug-likeness (QED) is 0.740. The van der Waals surface area contributed by atoms with Crippen molar-refractivity contribution >= 4 is 33.2 Å². The molecule has 0 saturated heterocycles. The number of rotatable bonds is 4. The molecule has 0 aromatic heterocycles. The van der Waals surface area contributed by atoms with Crippen LogP contribution in [0.3, 0.4) is 0 Å². The molecule has 0 aliphatic rings. The maximum absolute atomic E-state index is 13.0. The van der Waals surface area contributed by atoms with Crippen LogP contribution < -0.4 is 0 Å². The van der Waals surface area contributed by atoms with Crippen molar-refractivity contribution in [2.75, 3.05) is 7.05 Å². The van der Waals surface area contributed by atoms with Crippen LogP contribution in [0.25, 0.3) is 0 Å². The number of benzene rings is 2. The highest BCUT2D eigenvalue weighted by molar-refractivity contribution is 7.89. The first-order valence-corrected chi connectivity index (χ1v) is 8.80. The normalized spacial score (nSPS) is 12.6. The lowest BCUT2D eigenvalue weighted by molar-refractivity contribution is -0.138. The summed E-state index contributed by atoms with van der Waals surface area (Å²) in [6.07, 6.45) is -4.58. The van der Waals surface area contributed by atoms with Crippen LogP contribution in [0.5, 0.6) is 0 Å². The van der Waals surface area contributed by atoms with Crippen molar-refractivity contribution in [3.8, 4) is 0 Å². The summed E-state index contributed by atoms with van der Waals surface area (Å²) < 4.78 is 65.1. The second kappa shape index (κ2) is 6.92. The van der Waals surface area contributed by atoms with Gasteiger partial charge in [-0.15, -0.1) is 0 Å². The Morgan fingerprint density at radius 2 is 1.54 bits per heavy atom. The van der Waals surface area contributed by atoms with Gasteiger partial charge in [-0.1, -0.05) is 47.5 Å². The molecule has 0 heterocycles. The Labute approximate surface area is 147 Å². The third-order valence-electron chi connectivity index (χ3n) is 3.30. The Balaban J connectivity index is 2.42. The summed E-state index contributed by atoms with van der Waals surface area (Å²) in [6.45, 7) is -0.473. The van der Waals surface area contributed by atoms with Crippen LogP contribution in [0.4, 0.5) is 13.2 Å². The van der Waals surface area contributed by atoms with Crippen molar-refractivity contribution in [1.82, 2.24) is 4.31 Å². The molecular formula is C15H12Cl2F3NO2S. The Morgan fingerprint density at radius 1 is 1.00 bits per heavy atom. The van der Waals surface area contributed by atoms with Gasteiger partial charge in [0.25, 0.3) is 0 Å². The molecule has 0 N–H and O–H groups in total. The van der Waals surface area contributed by atoms with Crippen LogP contribution in [0.2, 0.25) is 10.0 Å². The van der Waals surface area contributed by atoms with Gasteiger partial charge in [0.1, 0.15) is 4.90 Å². The first-order chi connectivity index (χ1) is 11.0. The van der Waals surface area contributed by atoms with Crippen molar-refractivity contribution in [3.05, 3.63) is 63.6 Å². The molecule has 2 aromatic rings. The largest absolute Gasteiger partial charge is 0.416 e. The molecule has 24 heavy (non-hydrogen) atoms. The lowest BCUT2D eigenvalue weighted by Gasteiger charge is -2.21. The van der Waals surface area contributed by atoms with E-state index in [1.54, 1.807) is 0 Å². The summed E-state index contributed by atoms with van der Waals surface area (Å²) in [4.78, 5) is -0.333. The molecule has 0 aliphatic carbocycles. The SMILES string of the molecule is CN(Cc1ccccc1C(F)(F)F)S(=O)(=O)c1c(Cl)cccc1Cl. The first-order valence-electron chi connectivity index (χ1n) is 6.60. The number of nitrogens with zero attached hydrogens (tertiary/aromatic N) is 1. The molecule has 0 spiro atoms. The van der Waals surface area contributed by atoms with Crippen LogP contribution in [0, 0.1) is 0 Å². The van der Waals surface area contributed by atoms with Crippen LogP contribution in [-0.2, 0) is 22.7 Å². The minimum absolute atomic E-state index is 0.0987. The maximum atomic E-state index is 13.0. The molecule has 3 nitrogen and oxygen atoms in total. The van der Waals surface area contributed by atoms with Gasteiger partial charge >= 0.3 is 6.18 Å². The minimum Gasteiger partial charge on any atom is -0.207 e. The first kappa shape index (κ1) is 19.1. The van der Waals surface area contributed by atoms with Gasteiger partial charge < -0.3 is 0 Å². The smallest absolute Gasteiger partial charge is 0.207 e. The van der Waals surface area contributed by atoms with Gasteiger partial charge in [-0.05, 0) is 23.8 Å². The van der Waals surface area contributed by atoms with Gasteiger partial charge in [0.15, 0.2) is 0 Å². The van der Waals surface area contributed by atoms with E-state index in [1.807, 2.05) is 0 Å². The number of alkyl halides is 3. The zero-order valence-electron chi connectivity index (χ0n) is 12.3. The molecular weight excluding hydrogens is 386 g/mol. The van der Waals surface area contributed by atoms with Crippen molar-refractivity contribution in [2.45, 2.75) is 17.6 Å². The fourth-order valence-corrected chi connectivity index (χ4v) is 4.38. The van der Waals surface area contributed by atoms with Gasteiger partial charge in [-0.25, -0.2) is 8.42 Å². The summed E-state index contributed by atoms with van der Waals surface area (Å²) in [5, 5.41) is -0.197. The highest BCUT2D eigenvalue weighted by atomic mass is 35.5. The molecule has 0 unspecified atom stereocenters. The molecule has 2 rings (SSSR count). The van der Waals surface area contributed by atoms with Crippen molar-refractivity contribution in [2.24, 2.45) is 0 Å². The Bertz CT molecular complexity index is 834. The lowest BCUT2D eigenvalue weighted by Crippen LogP contribution is -2.28. The van der Waals surface area contributed by atoms with Gasteiger partial charge in [-0.3, -0.25) is 0 Å². The number of hydrogen-bond acceptors (Lipinski definition) is 2. The summed E-state index contributed by atoms with van der Waals surface area (Å²) in [7, 11) is -2.99. The molecule has 0 radical (unpaired) electrons. The molecule has 0 amide bonds. The molecule has 0 saturated carbocycles. The fraction of sp³-hybridized carbons (Fsp3) is 0.200. The minimum atomic E-state index is -4.58. The zero-order valence-corrected chi connectivity index (χ0v) is 14.6. The second-order valence-electron chi connectivity index (χ2n) is 4.97. The maximum Gasteiger partial charge on any atom is 0.416 e.